The van der Waals surface area contributed by atoms with E-state index in [1.54, 1.807) is 0 Å². The van der Waals surface area contributed by atoms with Gasteiger partial charge in [0.05, 0.1) is 0 Å². The van der Waals surface area contributed by atoms with E-state index in [4.69, 9.17) is 5.11 Å². The molecular weight excluding hydrogens is 203 g/mol. The van der Waals surface area contributed by atoms with Crippen molar-refractivity contribution in [3.05, 3.63) is 0 Å². The molecule has 0 spiro atoms. The van der Waals surface area contributed by atoms with Gasteiger partial charge in [0.25, 0.3) is 0 Å². The highest BCUT2D eigenvalue weighted by molar-refractivity contribution is 5.92. The highest BCUT2D eigenvalue weighted by Gasteiger charge is 2.40. The number of imide groups is 1. The van der Waals surface area contributed by atoms with Crippen LogP contribution in [0.3, 0.4) is 0 Å². The van der Waals surface area contributed by atoms with Crippen LogP contribution in [0, 0.1) is 5.92 Å². The fraction of sp³-hybridized carbons (Fsp3) is 0.714. The molecule has 1 aliphatic heterocycles. The average molecular weight is 211 g/mol. The summed E-state index contributed by atoms with van der Waals surface area (Å²) in [7, 11) is 0. The smallest absolute Gasteiger partial charge is 0.414 e. The van der Waals surface area contributed by atoms with Crippen LogP contribution in [0.4, 0.5) is 18.0 Å². The minimum atomic E-state index is -4.35. The second-order valence-electron chi connectivity index (χ2n) is 3.18. The SMILES string of the molecule is O=C(O)N1C[C@H](CC(F)(F)F)CC1=O. The Balaban J connectivity index is 2.55. The Morgan fingerprint density at radius 1 is 1.57 bits per heavy atom. The summed E-state index contributed by atoms with van der Waals surface area (Å²) in [6.07, 6.45) is -7.28. The van der Waals surface area contributed by atoms with Gasteiger partial charge in [0, 0.05) is 19.4 Å². The molecule has 0 aromatic carbocycles. The monoisotopic (exact) mass is 211 g/mol. The second kappa shape index (κ2) is 3.47. The summed E-state index contributed by atoms with van der Waals surface area (Å²) in [5.74, 6) is -1.69. The maximum absolute atomic E-state index is 11.9. The van der Waals surface area contributed by atoms with Crippen LogP contribution in [0.5, 0.6) is 0 Å². The van der Waals surface area contributed by atoms with E-state index in [0.29, 0.717) is 4.90 Å². The molecule has 1 saturated heterocycles. The van der Waals surface area contributed by atoms with Gasteiger partial charge < -0.3 is 5.11 Å². The average Bonchev–Trinajstić information content (AvgIpc) is 2.26. The zero-order valence-corrected chi connectivity index (χ0v) is 7.04. The van der Waals surface area contributed by atoms with E-state index in [1.807, 2.05) is 0 Å². The van der Waals surface area contributed by atoms with Crippen LogP contribution in [-0.2, 0) is 4.79 Å². The van der Waals surface area contributed by atoms with Gasteiger partial charge >= 0.3 is 12.3 Å². The molecule has 0 unspecified atom stereocenters. The number of carbonyl (C=O) groups excluding carboxylic acids is 1. The number of hydrogen-bond acceptors (Lipinski definition) is 2. The van der Waals surface area contributed by atoms with E-state index in [9.17, 15) is 22.8 Å². The van der Waals surface area contributed by atoms with Gasteiger partial charge in [-0.05, 0) is 5.92 Å². The van der Waals surface area contributed by atoms with Crippen molar-refractivity contribution in [2.24, 2.45) is 5.92 Å². The van der Waals surface area contributed by atoms with Gasteiger partial charge in [-0.1, -0.05) is 0 Å². The molecule has 1 fully saturated rings. The van der Waals surface area contributed by atoms with Gasteiger partial charge in [-0.15, -0.1) is 0 Å². The normalized spacial score (nSPS) is 22.9. The molecule has 1 N–H and O–H groups in total. The van der Waals surface area contributed by atoms with Crippen molar-refractivity contribution in [2.75, 3.05) is 6.54 Å². The molecular formula is C7H8F3NO3. The Kier molecular flexibility index (Phi) is 2.68. The number of alkyl halides is 3. The number of rotatable bonds is 1. The molecule has 1 rings (SSSR count). The van der Waals surface area contributed by atoms with E-state index in [0.717, 1.165) is 0 Å². The highest BCUT2D eigenvalue weighted by atomic mass is 19.4. The van der Waals surface area contributed by atoms with Crippen LogP contribution in [-0.4, -0.2) is 34.7 Å². The van der Waals surface area contributed by atoms with Crippen molar-refractivity contribution in [1.29, 1.82) is 0 Å². The fourth-order valence-electron chi connectivity index (χ4n) is 1.43. The Labute approximate surface area is 77.3 Å². The van der Waals surface area contributed by atoms with Crippen LogP contribution in [0.15, 0.2) is 0 Å². The Morgan fingerprint density at radius 3 is 2.50 bits per heavy atom. The molecule has 2 amide bonds. The van der Waals surface area contributed by atoms with Crippen molar-refractivity contribution in [3.8, 4) is 0 Å². The van der Waals surface area contributed by atoms with Gasteiger partial charge in [-0.3, -0.25) is 4.79 Å². The summed E-state index contributed by atoms with van der Waals surface area (Å²) in [6, 6.07) is 0. The summed E-state index contributed by atoms with van der Waals surface area (Å²) >= 11 is 0. The topological polar surface area (TPSA) is 57.6 Å². The second-order valence-corrected chi connectivity index (χ2v) is 3.18. The summed E-state index contributed by atoms with van der Waals surface area (Å²) in [5.41, 5.74) is 0. The van der Waals surface area contributed by atoms with Crippen LogP contribution < -0.4 is 0 Å². The first kappa shape index (κ1) is 10.8. The molecule has 1 aliphatic rings. The Hall–Kier alpha value is -1.27. The first-order valence-electron chi connectivity index (χ1n) is 3.89. The lowest BCUT2D eigenvalue weighted by Gasteiger charge is -2.12. The third kappa shape index (κ3) is 2.61. The van der Waals surface area contributed by atoms with Crippen LogP contribution in [0.1, 0.15) is 12.8 Å². The summed E-state index contributed by atoms with van der Waals surface area (Å²) < 4.78 is 35.7. The molecule has 0 aromatic heterocycles. The largest absolute Gasteiger partial charge is 0.465 e. The third-order valence-corrected chi connectivity index (χ3v) is 1.96. The predicted octanol–water partition coefficient (Wildman–Crippen LogP) is 1.47. The number of likely N-dealkylation sites (tertiary alicyclic amines) is 1. The predicted molar refractivity (Wildman–Crippen MR) is 38.5 cm³/mol. The lowest BCUT2D eigenvalue weighted by Crippen LogP contribution is -2.31. The van der Waals surface area contributed by atoms with Crippen LogP contribution in [0.25, 0.3) is 0 Å². The minimum absolute atomic E-state index is 0.341. The first-order valence-corrected chi connectivity index (χ1v) is 3.89. The summed E-state index contributed by atoms with van der Waals surface area (Å²) in [4.78, 5) is 21.7. The summed E-state index contributed by atoms with van der Waals surface area (Å²) in [5, 5.41) is 8.42. The van der Waals surface area contributed by atoms with Gasteiger partial charge in [-0.2, -0.15) is 13.2 Å². The minimum Gasteiger partial charge on any atom is -0.465 e. The Morgan fingerprint density at radius 2 is 2.14 bits per heavy atom. The van der Waals surface area contributed by atoms with E-state index < -0.39 is 30.5 Å². The molecule has 4 nitrogen and oxygen atoms in total. The quantitative estimate of drug-likeness (QED) is 0.714. The summed E-state index contributed by atoms with van der Waals surface area (Å²) in [6.45, 7) is -0.353. The van der Waals surface area contributed by atoms with Gasteiger partial charge in [-0.25, -0.2) is 9.69 Å². The van der Waals surface area contributed by atoms with Gasteiger partial charge in [0.2, 0.25) is 5.91 Å². The van der Waals surface area contributed by atoms with Crippen molar-refractivity contribution >= 4 is 12.0 Å². The number of hydrogen-bond donors (Lipinski definition) is 1. The van der Waals surface area contributed by atoms with Crippen molar-refractivity contribution in [3.63, 3.8) is 0 Å². The van der Waals surface area contributed by atoms with Crippen LogP contribution in [0.2, 0.25) is 0 Å². The van der Waals surface area contributed by atoms with Crippen molar-refractivity contribution < 1.29 is 27.9 Å². The zero-order chi connectivity index (χ0) is 10.9. The van der Waals surface area contributed by atoms with Crippen molar-refractivity contribution in [2.45, 2.75) is 19.0 Å². The highest BCUT2D eigenvalue weighted by Crippen LogP contribution is 2.30. The van der Waals surface area contributed by atoms with E-state index in [-0.39, 0.29) is 13.0 Å². The molecule has 1 heterocycles. The third-order valence-electron chi connectivity index (χ3n) is 1.96. The molecule has 7 heteroatoms. The van der Waals surface area contributed by atoms with E-state index in [1.165, 1.54) is 0 Å². The number of amides is 2. The molecule has 1 atom stereocenters. The number of nitrogens with zero attached hydrogens (tertiary/aromatic N) is 1. The maximum atomic E-state index is 11.9. The number of carboxylic acid groups (broad SMARTS) is 1. The number of halogens is 3. The van der Waals surface area contributed by atoms with E-state index >= 15 is 0 Å². The zero-order valence-electron chi connectivity index (χ0n) is 7.04. The lowest BCUT2D eigenvalue weighted by atomic mass is 10.1. The molecule has 0 bridgehead atoms. The standard InChI is InChI=1S/C7H8F3NO3/c8-7(9,10)2-4-1-5(12)11(3-4)6(13)14/h4H,1-3H2,(H,13,14)/t4-/m0/s1. The lowest BCUT2D eigenvalue weighted by molar-refractivity contribution is -0.143. The van der Waals surface area contributed by atoms with Crippen molar-refractivity contribution in [1.82, 2.24) is 4.90 Å². The van der Waals surface area contributed by atoms with Gasteiger partial charge in [0.1, 0.15) is 0 Å². The molecule has 0 saturated carbocycles. The Bertz CT molecular complexity index is 263. The molecule has 80 valence electrons. The molecule has 0 aliphatic carbocycles. The van der Waals surface area contributed by atoms with E-state index in [2.05, 4.69) is 0 Å². The van der Waals surface area contributed by atoms with Crippen LogP contribution >= 0.6 is 0 Å². The molecule has 14 heavy (non-hydrogen) atoms. The maximum Gasteiger partial charge on any atom is 0.414 e. The molecule has 0 radical (unpaired) electrons. The fourth-order valence-corrected chi connectivity index (χ4v) is 1.43. The first-order chi connectivity index (χ1) is 6.29. The number of carbonyl (C=O) groups is 2. The molecule has 0 aromatic rings. The van der Waals surface area contributed by atoms with Gasteiger partial charge in [0.15, 0.2) is 0 Å².